The second-order valence-electron chi connectivity index (χ2n) is 5.01. The van der Waals surface area contributed by atoms with Crippen molar-refractivity contribution in [2.45, 2.75) is 32.4 Å². The molecule has 1 aliphatic heterocycles. The Morgan fingerprint density at radius 3 is 2.50 bits per heavy atom. The Bertz CT molecular complexity index is 426. The van der Waals surface area contributed by atoms with Gasteiger partial charge in [-0.3, -0.25) is 10.1 Å². The SMILES string of the molecule is C=CCSC(C)C1(CC(C)C)C(=O)NC(=O)N=C1[O-].[Na+]. The fraction of sp³-hybridized carbons (Fsp3) is 0.615. The topological polar surface area (TPSA) is 81.6 Å². The molecule has 0 radical (unpaired) electrons. The van der Waals surface area contributed by atoms with Gasteiger partial charge in [0, 0.05) is 11.0 Å². The van der Waals surface area contributed by atoms with Crippen molar-refractivity contribution < 1.29 is 44.3 Å². The predicted octanol–water partition coefficient (Wildman–Crippen LogP) is -1.66. The second-order valence-corrected chi connectivity index (χ2v) is 6.38. The Balaban J connectivity index is 0.00000361. The van der Waals surface area contributed by atoms with Crippen LogP contribution in [0.25, 0.3) is 0 Å². The molecule has 1 heterocycles. The van der Waals surface area contributed by atoms with Crippen molar-refractivity contribution in [2.75, 3.05) is 5.75 Å². The van der Waals surface area contributed by atoms with Gasteiger partial charge in [0.25, 0.3) is 0 Å². The van der Waals surface area contributed by atoms with E-state index in [9.17, 15) is 14.7 Å². The average Bonchev–Trinajstić information content (AvgIpc) is 2.30. The zero-order valence-electron chi connectivity index (χ0n) is 12.4. The van der Waals surface area contributed by atoms with Crippen molar-refractivity contribution in [3.8, 4) is 0 Å². The number of carbonyl (C=O) groups excluding carboxylic acids is 2. The molecular formula is C13H19N2NaO3S. The van der Waals surface area contributed by atoms with Gasteiger partial charge in [-0.05, 0) is 18.2 Å². The van der Waals surface area contributed by atoms with Crippen LogP contribution in [0.5, 0.6) is 0 Å². The van der Waals surface area contributed by atoms with E-state index in [0.29, 0.717) is 12.2 Å². The van der Waals surface area contributed by atoms with Gasteiger partial charge in [-0.2, -0.15) is 11.8 Å². The molecule has 0 spiro atoms. The fourth-order valence-electron chi connectivity index (χ4n) is 2.23. The smallest absolute Gasteiger partial charge is 0.861 e. The number of hydrogen-bond acceptors (Lipinski definition) is 4. The Hall–Kier alpha value is -0.300. The van der Waals surface area contributed by atoms with Crippen LogP contribution in [0.4, 0.5) is 4.79 Å². The monoisotopic (exact) mass is 306 g/mol. The maximum atomic E-state index is 12.2. The number of aliphatic imine (C=N–C) groups is 1. The van der Waals surface area contributed by atoms with Gasteiger partial charge in [-0.25, -0.2) is 9.79 Å². The van der Waals surface area contributed by atoms with Crippen molar-refractivity contribution in [1.29, 1.82) is 0 Å². The second kappa shape index (κ2) is 8.22. The van der Waals surface area contributed by atoms with E-state index in [2.05, 4.69) is 16.9 Å². The number of imide groups is 1. The molecule has 5 nitrogen and oxygen atoms in total. The van der Waals surface area contributed by atoms with E-state index < -0.39 is 23.3 Å². The Kier molecular flexibility index (Phi) is 8.09. The third kappa shape index (κ3) is 4.10. The quantitative estimate of drug-likeness (QED) is 0.470. The number of rotatable bonds is 6. The summed E-state index contributed by atoms with van der Waals surface area (Å²) in [6.45, 7) is 9.31. The van der Waals surface area contributed by atoms with E-state index in [1.807, 2.05) is 20.8 Å². The molecule has 3 amide bonds. The van der Waals surface area contributed by atoms with Gasteiger partial charge < -0.3 is 5.11 Å². The molecule has 0 saturated carbocycles. The molecule has 1 aliphatic rings. The Labute approximate surface area is 146 Å². The van der Waals surface area contributed by atoms with Crippen molar-refractivity contribution in [1.82, 2.24) is 5.32 Å². The normalized spacial score (nSPS) is 23.7. The molecule has 2 unspecified atom stereocenters. The standard InChI is InChI=1S/C13H20N2O3S.Na/c1-5-6-19-9(4)13(7-8(2)3)10(16)14-12(18)15-11(13)17;/h5,8-9H,1,6-7H2,2-4H3,(H2,14,15,16,17,18);/q;+1/p-1. The average molecular weight is 306 g/mol. The molecule has 0 aromatic rings. The summed E-state index contributed by atoms with van der Waals surface area (Å²) < 4.78 is 0. The largest absolute Gasteiger partial charge is 1.00 e. The molecule has 2 atom stereocenters. The molecule has 106 valence electrons. The molecular weight excluding hydrogens is 287 g/mol. The summed E-state index contributed by atoms with van der Waals surface area (Å²) in [6.07, 6.45) is 2.09. The molecule has 0 bridgehead atoms. The van der Waals surface area contributed by atoms with Crippen molar-refractivity contribution in [2.24, 2.45) is 16.3 Å². The van der Waals surface area contributed by atoms with Crippen LogP contribution in [-0.4, -0.2) is 28.8 Å². The van der Waals surface area contributed by atoms with E-state index >= 15 is 0 Å². The molecule has 0 fully saturated rings. The summed E-state index contributed by atoms with van der Waals surface area (Å²) in [7, 11) is 0. The minimum atomic E-state index is -1.25. The first-order chi connectivity index (χ1) is 8.84. The van der Waals surface area contributed by atoms with E-state index in [0.717, 1.165) is 0 Å². The van der Waals surface area contributed by atoms with E-state index in [-0.39, 0.29) is 40.7 Å². The maximum Gasteiger partial charge on any atom is 1.00 e. The minimum Gasteiger partial charge on any atom is -0.861 e. The van der Waals surface area contributed by atoms with Crippen molar-refractivity contribution in [3.05, 3.63) is 12.7 Å². The first kappa shape index (κ1) is 19.7. The van der Waals surface area contributed by atoms with Gasteiger partial charge in [-0.15, -0.1) is 6.58 Å². The fourth-order valence-corrected chi connectivity index (χ4v) is 3.24. The summed E-state index contributed by atoms with van der Waals surface area (Å²) in [5, 5.41) is 14.1. The van der Waals surface area contributed by atoms with Crippen LogP contribution in [0.3, 0.4) is 0 Å². The number of amides is 3. The summed E-state index contributed by atoms with van der Waals surface area (Å²) in [6, 6.07) is -0.865. The molecule has 1 rings (SSSR count). The minimum absolute atomic E-state index is 0. The molecule has 0 saturated heterocycles. The first-order valence-corrected chi connectivity index (χ1v) is 7.23. The number of thioether (sulfide) groups is 1. The third-order valence-corrected chi connectivity index (χ3v) is 4.43. The number of nitrogens with zero attached hydrogens (tertiary/aromatic N) is 1. The van der Waals surface area contributed by atoms with Crippen LogP contribution < -0.4 is 40.0 Å². The van der Waals surface area contributed by atoms with Gasteiger partial charge in [-0.1, -0.05) is 26.8 Å². The number of nitrogens with one attached hydrogen (secondary N) is 1. The summed E-state index contributed by atoms with van der Waals surface area (Å²) in [5.41, 5.74) is -1.25. The van der Waals surface area contributed by atoms with Crippen LogP contribution in [0.15, 0.2) is 17.6 Å². The van der Waals surface area contributed by atoms with Crippen LogP contribution in [0.1, 0.15) is 27.2 Å². The summed E-state index contributed by atoms with van der Waals surface area (Å²) in [4.78, 5) is 26.8. The Morgan fingerprint density at radius 2 is 2.05 bits per heavy atom. The van der Waals surface area contributed by atoms with Crippen molar-refractivity contribution in [3.63, 3.8) is 0 Å². The summed E-state index contributed by atoms with van der Waals surface area (Å²) in [5.74, 6) is -0.380. The van der Waals surface area contributed by atoms with E-state index in [4.69, 9.17) is 0 Å². The van der Waals surface area contributed by atoms with Crippen molar-refractivity contribution >= 4 is 29.6 Å². The zero-order chi connectivity index (χ0) is 14.6. The maximum absolute atomic E-state index is 12.2. The van der Waals surface area contributed by atoms with E-state index in [1.54, 1.807) is 6.08 Å². The van der Waals surface area contributed by atoms with E-state index in [1.165, 1.54) is 11.8 Å². The molecule has 20 heavy (non-hydrogen) atoms. The van der Waals surface area contributed by atoms with Gasteiger partial charge in [0.05, 0.1) is 5.41 Å². The zero-order valence-corrected chi connectivity index (χ0v) is 15.3. The molecule has 1 N–H and O–H groups in total. The van der Waals surface area contributed by atoms with Crippen LogP contribution in [0.2, 0.25) is 0 Å². The van der Waals surface area contributed by atoms with Gasteiger partial charge in [0.1, 0.15) is 0 Å². The van der Waals surface area contributed by atoms with Gasteiger partial charge in [0.2, 0.25) is 5.91 Å². The summed E-state index contributed by atoms with van der Waals surface area (Å²) >= 11 is 1.46. The van der Waals surface area contributed by atoms with Crippen LogP contribution in [0, 0.1) is 11.3 Å². The van der Waals surface area contributed by atoms with Crippen LogP contribution in [-0.2, 0) is 4.79 Å². The van der Waals surface area contributed by atoms with Crippen LogP contribution >= 0.6 is 11.8 Å². The Morgan fingerprint density at radius 1 is 1.45 bits per heavy atom. The third-order valence-electron chi connectivity index (χ3n) is 3.10. The number of urea groups is 1. The van der Waals surface area contributed by atoms with Gasteiger partial charge >= 0.3 is 35.6 Å². The first-order valence-electron chi connectivity index (χ1n) is 6.18. The molecule has 0 aromatic heterocycles. The molecule has 0 aromatic carbocycles. The molecule has 0 aliphatic carbocycles. The molecule has 7 heteroatoms. The predicted molar refractivity (Wildman–Crippen MR) is 75.0 cm³/mol. The van der Waals surface area contributed by atoms with Gasteiger partial charge in [0.15, 0.2) is 0 Å². The number of hydrogen-bond donors (Lipinski definition) is 1. The number of carbonyl (C=O) groups is 2.